The van der Waals surface area contributed by atoms with E-state index in [1.165, 1.54) is 30.5 Å². The molecule has 2 heteroatoms. The van der Waals surface area contributed by atoms with E-state index < -0.39 is 0 Å². The predicted octanol–water partition coefficient (Wildman–Crippen LogP) is 4.39. The average molecular weight is 259 g/mol. The zero-order valence-corrected chi connectivity index (χ0v) is 12.4. The van der Waals surface area contributed by atoms with Gasteiger partial charge in [-0.05, 0) is 68.2 Å². The molecule has 2 aliphatic rings. The van der Waals surface area contributed by atoms with Crippen LogP contribution in [0.1, 0.15) is 52.0 Å². The Balaban J connectivity index is 1.77. The van der Waals surface area contributed by atoms with Crippen LogP contribution < -0.4 is 10.1 Å². The van der Waals surface area contributed by atoms with Crippen LogP contribution in [0, 0.1) is 5.41 Å². The van der Waals surface area contributed by atoms with Gasteiger partial charge in [0.2, 0.25) is 0 Å². The van der Waals surface area contributed by atoms with Crippen LogP contribution in [0.2, 0.25) is 0 Å². The summed E-state index contributed by atoms with van der Waals surface area (Å²) < 4.78 is 6.34. The minimum atomic E-state index is 0.0137. The third kappa shape index (κ3) is 2.72. The number of rotatable bonds is 2. The fourth-order valence-electron chi connectivity index (χ4n) is 3.68. The lowest BCUT2D eigenvalue weighted by Crippen LogP contribution is -2.30. The fourth-order valence-corrected chi connectivity index (χ4v) is 3.68. The van der Waals surface area contributed by atoms with Crippen molar-refractivity contribution in [2.75, 3.05) is 11.9 Å². The number of anilines is 1. The topological polar surface area (TPSA) is 21.3 Å². The fraction of sp³-hybridized carbons (Fsp3) is 0.647. The first-order valence-corrected chi connectivity index (χ1v) is 7.52. The Bertz CT molecular complexity index is 480. The lowest BCUT2D eigenvalue weighted by molar-refractivity contribution is 0.0847. The minimum Gasteiger partial charge on any atom is -0.488 e. The zero-order valence-electron chi connectivity index (χ0n) is 12.4. The molecule has 0 aromatic heterocycles. The lowest BCUT2D eigenvalue weighted by Gasteiger charge is -2.29. The standard InChI is InChI=1S/C17H25NO/c1-16(2)8-9-17(3,12-16)19-14-6-7-15-13(11-14)5-4-10-18-15/h6-7,11,18H,4-5,8-10,12H2,1-3H3. The van der Waals surface area contributed by atoms with Gasteiger partial charge in [0.15, 0.2) is 0 Å². The van der Waals surface area contributed by atoms with Gasteiger partial charge >= 0.3 is 0 Å². The summed E-state index contributed by atoms with van der Waals surface area (Å²) >= 11 is 0. The number of nitrogens with one attached hydrogen (secondary N) is 1. The van der Waals surface area contributed by atoms with Crippen LogP contribution in [0.4, 0.5) is 5.69 Å². The molecule has 19 heavy (non-hydrogen) atoms. The Morgan fingerprint density at radius 1 is 1.16 bits per heavy atom. The summed E-state index contributed by atoms with van der Waals surface area (Å²) in [6, 6.07) is 6.53. The van der Waals surface area contributed by atoms with Crippen LogP contribution in [0.3, 0.4) is 0 Å². The van der Waals surface area contributed by atoms with Crippen LogP contribution >= 0.6 is 0 Å². The summed E-state index contributed by atoms with van der Waals surface area (Å²) in [5.41, 5.74) is 3.13. The number of benzene rings is 1. The van der Waals surface area contributed by atoms with Gasteiger partial charge < -0.3 is 10.1 Å². The molecule has 2 nitrogen and oxygen atoms in total. The van der Waals surface area contributed by atoms with E-state index in [0.717, 1.165) is 25.1 Å². The monoisotopic (exact) mass is 259 g/mol. The number of hydrogen-bond acceptors (Lipinski definition) is 2. The summed E-state index contributed by atoms with van der Waals surface area (Å²) in [6.07, 6.45) is 5.96. The summed E-state index contributed by atoms with van der Waals surface area (Å²) in [5, 5.41) is 3.45. The molecular weight excluding hydrogens is 234 g/mol. The Labute approximate surface area is 116 Å². The first kappa shape index (κ1) is 12.8. The molecule has 1 atom stereocenters. The molecule has 1 heterocycles. The van der Waals surface area contributed by atoms with E-state index >= 15 is 0 Å². The van der Waals surface area contributed by atoms with Crippen molar-refractivity contribution in [3.8, 4) is 5.75 Å². The van der Waals surface area contributed by atoms with E-state index in [0.29, 0.717) is 5.41 Å². The van der Waals surface area contributed by atoms with E-state index in [1.807, 2.05) is 0 Å². The molecule has 1 unspecified atom stereocenters. The maximum absolute atomic E-state index is 6.34. The molecule has 0 spiro atoms. The highest BCUT2D eigenvalue weighted by Gasteiger charge is 2.41. The van der Waals surface area contributed by atoms with Gasteiger partial charge in [0.1, 0.15) is 11.4 Å². The largest absolute Gasteiger partial charge is 0.488 e. The number of fused-ring (bicyclic) bond motifs is 1. The zero-order chi connectivity index (χ0) is 13.5. The molecule has 104 valence electrons. The molecular formula is C17H25NO. The highest BCUT2D eigenvalue weighted by molar-refractivity contribution is 5.55. The molecule has 1 aliphatic heterocycles. The Hall–Kier alpha value is -1.18. The molecule has 0 radical (unpaired) electrons. The van der Waals surface area contributed by atoms with E-state index in [-0.39, 0.29) is 5.60 Å². The third-order valence-corrected chi connectivity index (χ3v) is 4.56. The Morgan fingerprint density at radius 2 is 2.00 bits per heavy atom. The van der Waals surface area contributed by atoms with Crippen molar-refractivity contribution in [3.63, 3.8) is 0 Å². The van der Waals surface area contributed by atoms with Gasteiger partial charge in [0.05, 0.1) is 0 Å². The first-order chi connectivity index (χ1) is 8.96. The lowest BCUT2D eigenvalue weighted by atomic mass is 9.90. The second-order valence-electron chi connectivity index (χ2n) is 7.24. The van der Waals surface area contributed by atoms with Gasteiger partial charge in [-0.25, -0.2) is 0 Å². The van der Waals surface area contributed by atoms with Gasteiger partial charge in [-0.1, -0.05) is 13.8 Å². The molecule has 1 aliphatic carbocycles. The molecule has 0 saturated heterocycles. The first-order valence-electron chi connectivity index (χ1n) is 7.52. The van der Waals surface area contributed by atoms with Crippen molar-refractivity contribution < 1.29 is 4.74 Å². The second kappa shape index (κ2) is 4.43. The van der Waals surface area contributed by atoms with Crippen LogP contribution in [0.5, 0.6) is 5.75 Å². The summed E-state index contributed by atoms with van der Waals surface area (Å²) in [5.74, 6) is 1.04. The van der Waals surface area contributed by atoms with Gasteiger partial charge in [0.25, 0.3) is 0 Å². The van der Waals surface area contributed by atoms with Gasteiger partial charge in [-0.3, -0.25) is 0 Å². The maximum Gasteiger partial charge on any atom is 0.120 e. The van der Waals surface area contributed by atoms with Crippen LogP contribution in [-0.4, -0.2) is 12.1 Å². The van der Waals surface area contributed by atoms with Crippen LogP contribution in [0.25, 0.3) is 0 Å². The van der Waals surface area contributed by atoms with Gasteiger partial charge in [-0.15, -0.1) is 0 Å². The summed E-state index contributed by atoms with van der Waals surface area (Å²) in [4.78, 5) is 0. The highest BCUT2D eigenvalue weighted by Crippen LogP contribution is 2.45. The molecule has 1 N–H and O–H groups in total. The van der Waals surface area contributed by atoms with Crippen molar-refractivity contribution in [3.05, 3.63) is 23.8 Å². The molecule has 0 bridgehead atoms. The van der Waals surface area contributed by atoms with Crippen molar-refractivity contribution >= 4 is 5.69 Å². The molecule has 1 aromatic rings. The summed E-state index contributed by atoms with van der Waals surface area (Å²) in [7, 11) is 0. The predicted molar refractivity (Wildman–Crippen MR) is 79.9 cm³/mol. The number of hydrogen-bond donors (Lipinski definition) is 1. The second-order valence-corrected chi connectivity index (χ2v) is 7.24. The highest BCUT2D eigenvalue weighted by atomic mass is 16.5. The van der Waals surface area contributed by atoms with Crippen molar-refractivity contribution in [2.24, 2.45) is 5.41 Å². The molecule has 1 saturated carbocycles. The SMILES string of the molecule is CC1(C)CCC(C)(Oc2ccc3c(c2)CCCN3)C1. The molecule has 0 amide bonds. The van der Waals surface area contributed by atoms with Crippen molar-refractivity contribution in [1.29, 1.82) is 0 Å². The Kier molecular flexibility index (Phi) is 2.99. The van der Waals surface area contributed by atoms with Crippen LogP contribution in [-0.2, 0) is 6.42 Å². The number of aryl methyl sites for hydroxylation is 1. The quantitative estimate of drug-likeness (QED) is 0.850. The minimum absolute atomic E-state index is 0.0137. The molecule has 1 fully saturated rings. The van der Waals surface area contributed by atoms with E-state index in [2.05, 4.69) is 44.3 Å². The smallest absolute Gasteiger partial charge is 0.120 e. The van der Waals surface area contributed by atoms with E-state index in [4.69, 9.17) is 4.74 Å². The Morgan fingerprint density at radius 3 is 2.74 bits per heavy atom. The molecule has 1 aromatic carbocycles. The van der Waals surface area contributed by atoms with Gasteiger partial charge in [-0.2, -0.15) is 0 Å². The summed E-state index contributed by atoms with van der Waals surface area (Å²) in [6.45, 7) is 8.05. The number of ether oxygens (including phenoxy) is 1. The van der Waals surface area contributed by atoms with Crippen LogP contribution in [0.15, 0.2) is 18.2 Å². The average Bonchev–Trinajstić information content (AvgIpc) is 2.63. The maximum atomic E-state index is 6.34. The normalized spacial score (nSPS) is 28.6. The van der Waals surface area contributed by atoms with E-state index in [1.54, 1.807) is 0 Å². The van der Waals surface area contributed by atoms with Gasteiger partial charge in [0, 0.05) is 12.2 Å². The van der Waals surface area contributed by atoms with E-state index in [9.17, 15) is 0 Å². The van der Waals surface area contributed by atoms with Crippen molar-refractivity contribution in [2.45, 2.75) is 58.5 Å². The van der Waals surface area contributed by atoms with Crippen molar-refractivity contribution in [1.82, 2.24) is 0 Å². The third-order valence-electron chi connectivity index (χ3n) is 4.56. The molecule has 3 rings (SSSR count).